The fourth-order valence-electron chi connectivity index (χ4n) is 1.49. The van der Waals surface area contributed by atoms with Crippen molar-refractivity contribution in [3.05, 3.63) is 33.8 Å². The van der Waals surface area contributed by atoms with Crippen LogP contribution >= 0.6 is 22.9 Å². The Morgan fingerprint density at radius 2 is 2.04 bits per heavy atom. The van der Waals surface area contributed by atoms with Crippen LogP contribution in [0.1, 0.15) is 21.8 Å². The normalized spacial score (nSPS) is 11.5. The number of alkyl halides is 2. The molecule has 1 amide bonds. The molecular formula is C11H9ClF2N4O3S2. The number of anilines is 2. The van der Waals surface area contributed by atoms with Crippen molar-refractivity contribution in [2.75, 3.05) is 16.3 Å². The lowest BCUT2D eigenvalue weighted by Crippen LogP contribution is -2.14. The molecule has 124 valence electrons. The average Bonchev–Trinajstić information content (AvgIpc) is 2.88. The number of sulfonamides is 1. The molecule has 1 aromatic carbocycles. The second-order valence-corrected chi connectivity index (χ2v) is 7.43. The van der Waals surface area contributed by atoms with E-state index >= 15 is 0 Å². The predicted molar refractivity (Wildman–Crippen MR) is 82.7 cm³/mol. The number of hydrogen-bond acceptors (Lipinski definition) is 6. The third-order valence-corrected chi connectivity index (χ3v) is 4.14. The molecule has 0 unspecified atom stereocenters. The number of aromatic nitrogens is 2. The van der Waals surface area contributed by atoms with Crippen LogP contribution in [0.4, 0.5) is 19.6 Å². The van der Waals surface area contributed by atoms with Crippen molar-refractivity contribution < 1.29 is 22.0 Å². The standard InChI is InChI=1S/C11H9ClF2N4O3S2/c1-23(20,21)18-7-4-5(2-3-6(7)12)9(19)15-11-17-16-10(22-11)8(13)14/h2-4,8,18H,1H3,(H,15,17,19). The lowest BCUT2D eigenvalue weighted by Gasteiger charge is -2.08. The first-order chi connectivity index (χ1) is 10.7. The Kier molecular flexibility index (Phi) is 5.12. The van der Waals surface area contributed by atoms with Crippen LogP contribution in [0, 0.1) is 0 Å². The van der Waals surface area contributed by atoms with Crippen LogP contribution in [-0.4, -0.2) is 30.8 Å². The summed E-state index contributed by atoms with van der Waals surface area (Å²) in [6.07, 6.45) is -1.84. The van der Waals surface area contributed by atoms with Gasteiger partial charge in [0.2, 0.25) is 15.2 Å². The van der Waals surface area contributed by atoms with Crippen LogP contribution in [0.15, 0.2) is 18.2 Å². The van der Waals surface area contributed by atoms with Crippen molar-refractivity contribution >= 4 is 49.7 Å². The fraction of sp³-hybridized carbons (Fsp3) is 0.182. The molecule has 0 radical (unpaired) electrons. The SMILES string of the molecule is CS(=O)(=O)Nc1cc(C(=O)Nc2nnc(C(F)F)s2)ccc1Cl. The van der Waals surface area contributed by atoms with E-state index in [1.807, 2.05) is 0 Å². The highest BCUT2D eigenvalue weighted by molar-refractivity contribution is 7.92. The maximum atomic E-state index is 12.4. The zero-order valence-electron chi connectivity index (χ0n) is 11.4. The first-order valence-corrected chi connectivity index (χ1v) is 8.94. The highest BCUT2D eigenvalue weighted by Crippen LogP contribution is 2.27. The molecule has 0 atom stereocenters. The summed E-state index contributed by atoms with van der Waals surface area (Å²) < 4.78 is 49.5. The lowest BCUT2D eigenvalue weighted by molar-refractivity contribution is 0.102. The maximum Gasteiger partial charge on any atom is 0.291 e. The van der Waals surface area contributed by atoms with Crippen LogP contribution in [0.2, 0.25) is 5.02 Å². The van der Waals surface area contributed by atoms with Gasteiger partial charge >= 0.3 is 0 Å². The molecule has 0 spiro atoms. The van der Waals surface area contributed by atoms with Crippen molar-refractivity contribution in [3.8, 4) is 0 Å². The number of benzene rings is 1. The molecular weight excluding hydrogens is 374 g/mol. The van der Waals surface area contributed by atoms with Gasteiger partial charge in [0.05, 0.1) is 17.0 Å². The van der Waals surface area contributed by atoms with Gasteiger partial charge in [0.25, 0.3) is 12.3 Å². The summed E-state index contributed by atoms with van der Waals surface area (Å²) >= 11 is 6.38. The van der Waals surface area contributed by atoms with Gasteiger partial charge in [0.1, 0.15) is 0 Å². The van der Waals surface area contributed by atoms with Crippen molar-refractivity contribution in [1.29, 1.82) is 0 Å². The van der Waals surface area contributed by atoms with Crippen LogP contribution in [-0.2, 0) is 10.0 Å². The van der Waals surface area contributed by atoms with Gasteiger partial charge in [-0.3, -0.25) is 14.8 Å². The number of rotatable bonds is 5. The van der Waals surface area contributed by atoms with E-state index in [4.69, 9.17) is 11.6 Å². The Labute approximate surface area is 138 Å². The zero-order valence-corrected chi connectivity index (χ0v) is 13.8. The molecule has 2 rings (SSSR count). The van der Waals surface area contributed by atoms with Gasteiger partial charge in [-0.1, -0.05) is 22.9 Å². The second kappa shape index (κ2) is 6.72. The summed E-state index contributed by atoms with van der Waals surface area (Å²) in [5.74, 6) is -0.671. The van der Waals surface area contributed by atoms with E-state index in [1.165, 1.54) is 18.2 Å². The van der Waals surface area contributed by atoms with Crippen molar-refractivity contribution in [1.82, 2.24) is 10.2 Å². The van der Waals surface area contributed by atoms with E-state index in [0.29, 0.717) is 11.3 Å². The molecule has 0 aliphatic carbocycles. The molecule has 0 fully saturated rings. The Hall–Kier alpha value is -1.85. The van der Waals surface area contributed by atoms with E-state index in [-0.39, 0.29) is 21.4 Å². The number of halogens is 3. The van der Waals surface area contributed by atoms with Gasteiger partial charge in [-0.05, 0) is 18.2 Å². The van der Waals surface area contributed by atoms with Gasteiger partial charge < -0.3 is 0 Å². The Bertz CT molecular complexity index is 842. The summed E-state index contributed by atoms with van der Waals surface area (Å²) in [4.78, 5) is 12.0. The highest BCUT2D eigenvalue weighted by atomic mass is 35.5. The maximum absolute atomic E-state index is 12.4. The first-order valence-electron chi connectivity index (χ1n) is 5.86. The summed E-state index contributed by atoms with van der Waals surface area (Å²) in [6, 6.07) is 3.89. The molecule has 1 heterocycles. The van der Waals surface area contributed by atoms with E-state index in [9.17, 15) is 22.0 Å². The Morgan fingerprint density at radius 3 is 2.61 bits per heavy atom. The highest BCUT2D eigenvalue weighted by Gasteiger charge is 2.17. The number of nitrogens with one attached hydrogen (secondary N) is 2. The quantitative estimate of drug-likeness (QED) is 0.828. The summed E-state index contributed by atoms with van der Waals surface area (Å²) in [5, 5.41) is 8.43. The van der Waals surface area contributed by atoms with Crippen LogP contribution in [0.25, 0.3) is 0 Å². The van der Waals surface area contributed by atoms with E-state index < -0.39 is 27.4 Å². The molecule has 12 heteroatoms. The average molecular weight is 383 g/mol. The zero-order chi connectivity index (χ0) is 17.2. The number of hydrogen-bond donors (Lipinski definition) is 2. The number of carbonyl (C=O) groups is 1. The Balaban J connectivity index is 2.20. The van der Waals surface area contributed by atoms with Crippen molar-refractivity contribution in [2.45, 2.75) is 6.43 Å². The minimum Gasteiger partial charge on any atom is -0.296 e. The lowest BCUT2D eigenvalue weighted by atomic mass is 10.2. The van der Waals surface area contributed by atoms with Gasteiger partial charge in [-0.2, -0.15) is 0 Å². The summed E-state index contributed by atoms with van der Waals surface area (Å²) in [6.45, 7) is 0. The molecule has 0 aliphatic heterocycles. The van der Waals surface area contributed by atoms with E-state index in [1.54, 1.807) is 0 Å². The van der Waals surface area contributed by atoms with Gasteiger partial charge in [0.15, 0.2) is 5.01 Å². The van der Waals surface area contributed by atoms with Crippen molar-refractivity contribution in [2.24, 2.45) is 0 Å². The van der Waals surface area contributed by atoms with Crippen LogP contribution in [0.5, 0.6) is 0 Å². The smallest absolute Gasteiger partial charge is 0.291 e. The van der Waals surface area contributed by atoms with Gasteiger partial charge in [-0.25, -0.2) is 17.2 Å². The largest absolute Gasteiger partial charge is 0.296 e. The number of amides is 1. The minimum atomic E-state index is -3.58. The molecule has 0 saturated carbocycles. The second-order valence-electron chi connectivity index (χ2n) is 4.27. The molecule has 0 saturated heterocycles. The van der Waals surface area contributed by atoms with E-state index in [2.05, 4.69) is 20.2 Å². The monoisotopic (exact) mass is 382 g/mol. The first kappa shape index (κ1) is 17.5. The third-order valence-electron chi connectivity index (χ3n) is 2.37. The molecule has 7 nitrogen and oxygen atoms in total. The molecule has 2 aromatic rings. The third kappa shape index (κ3) is 4.81. The predicted octanol–water partition coefficient (Wildman–Crippen LogP) is 2.75. The number of carbonyl (C=O) groups excluding carboxylic acids is 1. The van der Waals surface area contributed by atoms with Gasteiger partial charge in [-0.15, -0.1) is 10.2 Å². The van der Waals surface area contributed by atoms with Crippen LogP contribution in [0.3, 0.4) is 0 Å². The Morgan fingerprint density at radius 1 is 1.35 bits per heavy atom. The molecule has 2 N–H and O–H groups in total. The van der Waals surface area contributed by atoms with Crippen molar-refractivity contribution in [3.63, 3.8) is 0 Å². The summed E-state index contributed by atoms with van der Waals surface area (Å²) in [7, 11) is -3.58. The fourth-order valence-corrected chi connectivity index (χ4v) is 2.87. The minimum absolute atomic E-state index is 0.0207. The van der Waals surface area contributed by atoms with Gasteiger partial charge in [0, 0.05) is 5.56 Å². The van der Waals surface area contributed by atoms with Crippen LogP contribution < -0.4 is 10.0 Å². The molecule has 0 bridgehead atoms. The molecule has 0 aliphatic rings. The number of nitrogens with zero attached hydrogens (tertiary/aromatic N) is 2. The molecule has 1 aromatic heterocycles. The molecule has 23 heavy (non-hydrogen) atoms. The topological polar surface area (TPSA) is 101 Å². The summed E-state index contributed by atoms with van der Waals surface area (Å²) in [5.41, 5.74) is 0.0849. The van der Waals surface area contributed by atoms with E-state index in [0.717, 1.165) is 6.26 Å².